The van der Waals surface area contributed by atoms with Crippen LogP contribution in [-0.2, 0) is 19.4 Å². The number of rotatable bonds is 7. The molecule has 0 saturated heterocycles. The van der Waals surface area contributed by atoms with Gasteiger partial charge in [0.1, 0.15) is 23.9 Å². The summed E-state index contributed by atoms with van der Waals surface area (Å²) in [5.74, 6) is 1.35. The van der Waals surface area contributed by atoms with Gasteiger partial charge in [0, 0.05) is 17.1 Å². The number of halogens is 1. The lowest BCUT2D eigenvalue weighted by molar-refractivity contribution is 0.396. The number of aryl methyl sites for hydroxylation is 3. The van der Waals surface area contributed by atoms with Crippen molar-refractivity contribution < 1.29 is 9.13 Å². The van der Waals surface area contributed by atoms with Crippen molar-refractivity contribution in [1.82, 2.24) is 29.3 Å². The molecule has 0 bridgehead atoms. The molecule has 0 fully saturated rings. The maximum Gasteiger partial charge on any atom is 0.238 e. The van der Waals surface area contributed by atoms with Crippen molar-refractivity contribution in [1.29, 1.82) is 0 Å². The number of nitrogens with one attached hydrogen (secondary N) is 1. The molecule has 0 aliphatic heterocycles. The molecule has 0 saturated carbocycles. The van der Waals surface area contributed by atoms with Gasteiger partial charge in [0.2, 0.25) is 5.88 Å². The molecule has 4 aromatic rings. The van der Waals surface area contributed by atoms with E-state index in [1.54, 1.807) is 18.1 Å². The minimum atomic E-state index is -0.454. The Kier molecular flexibility index (Phi) is 5.60. The van der Waals surface area contributed by atoms with Gasteiger partial charge in [-0.25, -0.2) is 24.0 Å². The first-order chi connectivity index (χ1) is 15.7. The number of pyridine rings is 1. The molecule has 0 aromatic carbocycles. The molecule has 0 atom stereocenters. The molecule has 5 rings (SSSR count). The second-order valence-corrected chi connectivity index (χ2v) is 8.56. The Hall–Kier alpha value is -3.27. The Morgan fingerprint density at radius 1 is 1.19 bits per heavy atom. The molecule has 0 radical (unpaired) electrons. The standard InChI is InChI=1S/C22H24FN7OS/c1-14-11-29(13-24-14)19-8-7-17(25-21(19)31-2)18-12-32-22(26-18)27-20-15-5-3-4-6-16(15)28-30(20)10-9-23/h7-8,11-13H,3-6,9-10H2,1-2H3,(H,26,27). The number of aromatic nitrogens is 6. The Labute approximate surface area is 189 Å². The fraction of sp³-hybridized carbons (Fsp3) is 0.364. The molecule has 0 amide bonds. The zero-order valence-corrected chi connectivity index (χ0v) is 18.8. The molecular weight excluding hydrogens is 429 g/mol. The lowest BCUT2D eigenvalue weighted by Crippen LogP contribution is -2.07. The van der Waals surface area contributed by atoms with E-state index in [0.717, 1.165) is 59.4 Å². The summed E-state index contributed by atoms with van der Waals surface area (Å²) in [6.07, 6.45) is 7.81. The smallest absolute Gasteiger partial charge is 0.238 e. The number of nitrogens with zero attached hydrogens (tertiary/aromatic N) is 6. The van der Waals surface area contributed by atoms with Gasteiger partial charge >= 0.3 is 0 Å². The number of hydrogen-bond donors (Lipinski definition) is 1. The summed E-state index contributed by atoms with van der Waals surface area (Å²) in [5.41, 5.74) is 5.44. The van der Waals surface area contributed by atoms with E-state index in [2.05, 4.69) is 20.4 Å². The van der Waals surface area contributed by atoms with E-state index in [-0.39, 0.29) is 6.54 Å². The monoisotopic (exact) mass is 453 g/mol. The molecule has 4 heterocycles. The predicted octanol–water partition coefficient (Wildman–Crippen LogP) is 4.50. The number of hydrogen-bond acceptors (Lipinski definition) is 7. The number of anilines is 2. The van der Waals surface area contributed by atoms with Crippen molar-refractivity contribution in [2.75, 3.05) is 19.1 Å². The van der Waals surface area contributed by atoms with Crippen LogP contribution in [-0.4, -0.2) is 43.1 Å². The first-order valence-corrected chi connectivity index (χ1v) is 11.5. The van der Waals surface area contributed by atoms with Gasteiger partial charge in [0.15, 0.2) is 5.13 Å². The zero-order valence-electron chi connectivity index (χ0n) is 18.0. The van der Waals surface area contributed by atoms with Crippen LogP contribution >= 0.6 is 11.3 Å². The summed E-state index contributed by atoms with van der Waals surface area (Å²) in [7, 11) is 1.60. The van der Waals surface area contributed by atoms with Crippen LogP contribution in [0.1, 0.15) is 29.8 Å². The molecule has 0 unspecified atom stereocenters. The van der Waals surface area contributed by atoms with E-state index < -0.39 is 6.67 Å². The molecule has 8 nitrogen and oxygen atoms in total. The van der Waals surface area contributed by atoms with Crippen molar-refractivity contribution in [3.63, 3.8) is 0 Å². The molecule has 166 valence electrons. The Balaban J connectivity index is 1.43. The summed E-state index contributed by atoms with van der Waals surface area (Å²) in [6.45, 7) is 1.72. The highest BCUT2D eigenvalue weighted by Gasteiger charge is 2.22. The van der Waals surface area contributed by atoms with Crippen molar-refractivity contribution in [2.24, 2.45) is 0 Å². The van der Waals surface area contributed by atoms with Crippen LogP contribution in [0.3, 0.4) is 0 Å². The summed E-state index contributed by atoms with van der Waals surface area (Å²) < 4.78 is 22.2. The van der Waals surface area contributed by atoms with Crippen LogP contribution < -0.4 is 10.1 Å². The Morgan fingerprint density at radius 3 is 2.84 bits per heavy atom. The topological polar surface area (TPSA) is 82.7 Å². The second kappa shape index (κ2) is 8.70. The quantitative estimate of drug-likeness (QED) is 0.444. The van der Waals surface area contributed by atoms with Crippen LogP contribution in [0.2, 0.25) is 0 Å². The molecule has 0 spiro atoms. The van der Waals surface area contributed by atoms with Gasteiger partial charge in [0.25, 0.3) is 0 Å². The summed E-state index contributed by atoms with van der Waals surface area (Å²) in [6, 6.07) is 3.86. The fourth-order valence-electron chi connectivity index (χ4n) is 4.01. The van der Waals surface area contributed by atoms with E-state index >= 15 is 0 Å². The van der Waals surface area contributed by atoms with Crippen LogP contribution in [0, 0.1) is 6.92 Å². The lowest BCUT2D eigenvalue weighted by atomic mass is 9.97. The SMILES string of the molecule is COc1nc(-c2csc(Nc3c4c(nn3CCF)CCCC4)n2)ccc1-n1cnc(C)c1. The van der Waals surface area contributed by atoms with Gasteiger partial charge < -0.3 is 14.6 Å². The molecule has 4 aromatic heterocycles. The van der Waals surface area contributed by atoms with Crippen molar-refractivity contribution in [2.45, 2.75) is 39.2 Å². The first kappa shape index (κ1) is 20.6. The highest BCUT2D eigenvalue weighted by molar-refractivity contribution is 7.14. The summed E-state index contributed by atoms with van der Waals surface area (Å²) in [5, 5.41) is 10.7. The van der Waals surface area contributed by atoms with E-state index in [4.69, 9.17) is 9.72 Å². The van der Waals surface area contributed by atoms with Crippen molar-refractivity contribution >= 4 is 22.3 Å². The Morgan fingerprint density at radius 2 is 2.06 bits per heavy atom. The summed E-state index contributed by atoms with van der Waals surface area (Å²) in [4.78, 5) is 13.6. The number of imidazole rings is 1. The van der Waals surface area contributed by atoms with E-state index in [9.17, 15) is 4.39 Å². The van der Waals surface area contributed by atoms with E-state index in [1.807, 2.05) is 35.2 Å². The van der Waals surface area contributed by atoms with Crippen LogP contribution in [0.25, 0.3) is 17.1 Å². The third-order valence-electron chi connectivity index (χ3n) is 5.54. The minimum Gasteiger partial charge on any atom is -0.479 e. The average molecular weight is 454 g/mol. The molecular formula is C22H24FN7OS. The number of methoxy groups -OCH3 is 1. The van der Waals surface area contributed by atoms with Gasteiger partial charge in [-0.05, 0) is 44.7 Å². The number of alkyl halides is 1. The maximum absolute atomic E-state index is 13.1. The molecule has 10 heteroatoms. The lowest BCUT2D eigenvalue weighted by Gasteiger charge is -2.12. The van der Waals surface area contributed by atoms with Crippen LogP contribution in [0.4, 0.5) is 15.3 Å². The number of ether oxygens (including phenoxy) is 1. The van der Waals surface area contributed by atoms with Gasteiger partial charge in [0.05, 0.1) is 37.1 Å². The Bertz CT molecular complexity index is 1250. The molecule has 32 heavy (non-hydrogen) atoms. The van der Waals surface area contributed by atoms with Gasteiger partial charge in [-0.3, -0.25) is 0 Å². The van der Waals surface area contributed by atoms with Crippen molar-refractivity contribution in [3.05, 3.63) is 47.0 Å². The number of fused-ring (bicyclic) bond motifs is 1. The summed E-state index contributed by atoms with van der Waals surface area (Å²) >= 11 is 1.48. The number of thiazole rings is 1. The molecule has 1 aliphatic carbocycles. The third-order valence-corrected chi connectivity index (χ3v) is 6.29. The maximum atomic E-state index is 13.1. The van der Waals surface area contributed by atoms with E-state index in [1.165, 1.54) is 16.9 Å². The highest BCUT2D eigenvalue weighted by atomic mass is 32.1. The van der Waals surface area contributed by atoms with E-state index in [0.29, 0.717) is 11.6 Å². The highest BCUT2D eigenvalue weighted by Crippen LogP contribution is 2.33. The van der Waals surface area contributed by atoms with Gasteiger partial charge in [-0.2, -0.15) is 5.10 Å². The third kappa shape index (κ3) is 3.86. The van der Waals surface area contributed by atoms with Crippen molar-refractivity contribution in [3.8, 4) is 23.0 Å². The zero-order chi connectivity index (χ0) is 22.1. The molecule has 1 aliphatic rings. The normalized spacial score (nSPS) is 13.2. The molecule has 1 N–H and O–H groups in total. The van der Waals surface area contributed by atoms with Crippen LogP contribution in [0.5, 0.6) is 5.88 Å². The second-order valence-electron chi connectivity index (χ2n) is 7.70. The minimum absolute atomic E-state index is 0.238. The largest absolute Gasteiger partial charge is 0.479 e. The van der Waals surface area contributed by atoms with Crippen LogP contribution in [0.15, 0.2) is 30.0 Å². The predicted molar refractivity (Wildman–Crippen MR) is 122 cm³/mol. The fourth-order valence-corrected chi connectivity index (χ4v) is 4.72. The van der Waals surface area contributed by atoms with Gasteiger partial charge in [-0.15, -0.1) is 11.3 Å². The van der Waals surface area contributed by atoms with Gasteiger partial charge in [-0.1, -0.05) is 0 Å². The average Bonchev–Trinajstić information content (AvgIpc) is 3.53. The first-order valence-electron chi connectivity index (χ1n) is 10.6.